The van der Waals surface area contributed by atoms with Gasteiger partial charge in [0.25, 0.3) is 5.91 Å². The van der Waals surface area contributed by atoms with E-state index in [-0.39, 0.29) is 17.5 Å². The van der Waals surface area contributed by atoms with Gasteiger partial charge in [-0.1, -0.05) is 23.4 Å². The lowest BCUT2D eigenvalue weighted by Crippen LogP contribution is -2.34. The van der Waals surface area contributed by atoms with Gasteiger partial charge in [0.15, 0.2) is 5.69 Å². The molecule has 7 nitrogen and oxygen atoms in total. The van der Waals surface area contributed by atoms with Crippen molar-refractivity contribution in [3.63, 3.8) is 0 Å². The highest BCUT2D eigenvalue weighted by Gasteiger charge is 2.10. The van der Waals surface area contributed by atoms with Gasteiger partial charge in [-0.2, -0.15) is 0 Å². The van der Waals surface area contributed by atoms with Crippen molar-refractivity contribution < 1.29 is 18.8 Å². The van der Waals surface area contributed by atoms with Gasteiger partial charge in [-0.3, -0.25) is 9.59 Å². The summed E-state index contributed by atoms with van der Waals surface area (Å²) >= 11 is 0. The summed E-state index contributed by atoms with van der Waals surface area (Å²) in [5.74, 6) is 1.03. The predicted octanol–water partition coefficient (Wildman–Crippen LogP) is 2.00. The molecule has 7 heteroatoms. The maximum Gasteiger partial charge on any atom is 0.273 e. The number of hydrogen-bond donors (Lipinski definition) is 2. The monoisotopic (exact) mass is 345 g/mol. The van der Waals surface area contributed by atoms with Crippen LogP contribution in [0.15, 0.2) is 34.9 Å². The topological polar surface area (TPSA) is 93.5 Å². The van der Waals surface area contributed by atoms with Crippen molar-refractivity contribution in [2.45, 2.75) is 26.7 Å². The van der Waals surface area contributed by atoms with Gasteiger partial charge in [0.05, 0.1) is 6.61 Å². The maximum absolute atomic E-state index is 11.7. The highest BCUT2D eigenvalue weighted by atomic mass is 16.5. The summed E-state index contributed by atoms with van der Waals surface area (Å²) < 4.78 is 10.5. The van der Waals surface area contributed by atoms with Gasteiger partial charge in [-0.25, -0.2) is 0 Å². The number of carbonyl (C=O) groups is 2. The Kier molecular flexibility index (Phi) is 7.00. The predicted molar refractivity (Wildman–Crippen MR) is 92.5 cm³/mol. The number of amides is 2. The summed E-state index contributed by atoms with van der Waals surface area (Å²) in [6.45, 7) is 4.88. The molecule has 2 N–H and O–H groups in total. The fourth-order valence-electron chi connectivity index (χ4n) is 2.16. The van der Waals surface area contributed by atoms with Gasteiger partial charge in [0.1, 0.15) is 11.5 Å². The number of nitrogens with one attached hydrogen (secondary N) is 2. The molecule has 0 radical (unpaired) electrons. The molecule has 134 valence electrons. The van der Waals surface area contributed by atoms with E-state index < -0.39 is 0 Å². The van der Waals surface area contributed by atoms with Crippen LogP contribution >= 0.6 is 0 Å². The highest BCUT2D eigenvalue weighted by molar-refractivity contribution is 5.92. The maximum atomic E-state index is 11.7. The summed E-state index contributed by atoms with van der Waals surface area (Å²) in [4.78, 5) is 23.4. The number of aromatic nitrogens is 1. The Morgan fingerprint density at radius 1 is 1.16 bits per heavy atom. The molecule has 1 aromatic carbocycles. The molecule has 25 heavy (non-hydrogen) atoms. The van der Waals surface area contributed by atoms with Gasteiger partial charge in [-0.15, -0.1) is 0 Å². The number of carbonyl (C=O) groups excluding carboxylic acids is 2. The summed E-state index contributed by atoms with van der Waals surface area (Å²) in [5.41, 5.74) is 1.31. The van der Waals surface area contributed by atoms with Crippen LogP contribution in [0.4, 0.5) is 0 Å². The van der Waals surface area contributed by atoms with E-state index in [0.717, 1.165) is 11.3 Å². The first-order valence-corrected chi connectivity index (χ1v) is 8.23. The van der Waals surface area contributed by atoms with Crippen molar-refractivity contribution in [3.05, 3.63) is 47.3 Å². The van der Waals surface area contributed by atoms with Crippen LogP contribution in [-0.2, 0) is 4.79 Å². The van der Waals surface area contributed by atoms with Crippen LogP contribution in [0.5, 0.6) is 5.75 Å². The third-order valence-electron chi connectivity index (χ3n) is 3.49. The van der Waals surface area contributed by atoms with E-state index in [1.807, 2.05) is 31.2 Å². The molecular weight excluding hydrogens is 322 g/mol. The second kappa shape index (κ2) is 9.46. The van der Waals surface area contributed by atoms with E-state index in [9.17, 15) is 9.59 Å². The van der Waals surface area contributed by atoms with Crippen LogP contribution in [-0.4, -0.2) is 36.7 Å². The molecule has 0 fully saturated rings. The van der Waals surface area contributed by atoms with E-state index in [0.29, 0.717) is 38.3 Å². The molecule has 0 atom stereocenters. The normalized spacial score (nSPS) is 10.3. The molecule has 0 spiro atoms. The standard InChI is InChI=1S/C18H23N3O4/c1-13-6-3-4-7-16(13)24-11-5-8-17(22)19-9-10-20-18(23)15-12-14(2)25-21-15/h3-4,6-7,12H,5,8-11H2,1-2H3,(H,19,22)(H,20,23). The van der Waals surface area contributed by atoms with Crippen LogP contribution in [0, 0.1) is 13.8 Å². The smallest absolute Gasteiger partial charge is 0.273 e. The Labute approximate surface area is 146 Å². The molecule has 0 unspecified atom stereocenters. The van der Waals surface area contributed by atoms with Crippen molar-refractivity contribution in [1.82, 2.24) is 15.8 Å². The largest absolute Gasteiger partial charge is 0.493 e. The minimum absolute atomic E-state index is 0.0695. The van der Waals surface area contributed by atoms with Crippen LogP contribution < -0.4 is 15.4 Å². The lowest BCUT2D eigenvalue weighted by molar-refractivity contribution is -0.121. The molecule has 0 aliphatic rings. The fraction of sp³-hybridized carbons (Fsp3) is 0.389. The van der Waals surface area contributed by atoms with E-state index in [1.165, 1.54) is 0 Å². The van der Waals surface area contributed by atoms with Gasteiger partial charge < -0.3 is 19.9 Å². The lowest BCUT2D eigenvalue weighted by Gasteiger charge is -2.09. The second-order valence-electron chi connectivity index (χ2n) is 5.65. The highest BCUT2D eigenvalue weighted by Crippen LogP contribution is 2.16. The first-order chi connectivity index (χ1) is 12.1. The van der Waals surface area contributed by atoms with E-state index >= 15 is 0 Å². The van der Waals surface area contributed by atoms with Gasteiger partial charge in [0.2, 0.25) is 5.91 Å². The third kappa shape index (κ3) is 6.29. The number of nitrogens with zero attached hydrogens (tertiary/aromatic N) is 1. The Morgan fingerprint density at radius 2 is 1.92 bits per heavy atom. The molecule has 0 aliphatic heterocycles. The molecule has 0 bridgehead atoms. The molecule has 2 rings (SSSR count). The minimum Gasteiger partial charge on any atom is -0.493 e. The zero-order chi connectivity index (χ0) is 18.1. The number of hydrogen-bond acceptors (Lipinski definition) is 5. The van der Waals surface area contributed by atoms with Gasteiger partial charge in [0, 0.05) is 25.6 Å². The van der Waals surface area contributed by atoms with Gasteiger partial charge in [-0.05, 0) is 31.9 Å². The van der Waals surface area contributed by atoms with Crippen LogP contribution in [0.25, 0.3) is 0 Å². The SMILES string of the molecule is Cc1cc(C(=O)NCCNC(=O)CCCOc2ccccc2C)no1. The molecule has 1 heterocycles. The Bertz CT molecular complexity index is 712. The molecule has 0 saturated heterocycles. The average molecular weight is 345 g/mol. The summed E-state index contributed by atoms with van der Waals surface area (Å²) in [5, 5.41) is 9.04. The summed E-state index contributed by atoms with van der Waals surface area (Å²) in [6.07, 6.45) is 1.01. The van der Waals surface area contributed by atoms with Crippen molar-refractivity contribution in [1.29, 1.82) is 0 Å². The van der Waals surface area contributed by atoms with Crippen LogP contribution in [0.3, 0.4) is 0 Å². The van der Waals surface area contributed by atoms with Crippen molar-refractivity contribution >= 4 is 11.8 Å². The number of aryl methyl sites for hydroxylation is 2. The fourth-order valence-corrected chi connectivity index (χ4v) is 2.16. The number of para-hydroxylation sites is 1. The Hall–Kier alpha value is -2.83. The summed E-state index contributed by atoms with van der Waals surface area (Å²) in [7, 11) is 0. The molecule has 0 aliphatic carbocycles. The zero-order valence-electron chi connectivity index (χ0n) is 14.5. The van der Waals surface area contributed by atoms with Crippen molar-refractivity contribution in [2.24, 2.45) is 0 Å². The molecule has 0 saturated carbocycles. The second-order valence-corrected chi connectivity index (χ2v) is 5.65. The molecule has 2 aromatic rings. The zero-order valence-corrected chi connectivity index (χ0v) is 14.5. The van der Waals surface area contributed by atoms with Crippen molar-refractivity contribution in [2.75, 3.05) is 19.7 Å². The molecule has 2 amide bonds. The average Bonchev–Trinajstić information content (AvgIpc) is 3.03. The number of rotatable bonds is 9. The van der Waals surface area contributed by atoms with Crippen LogP contribution in [0.2, 0.25) is 0 Å². The van der Waals surface area contributed by atoms with E-state index in [4.69, 9.17) is 9.26 Å². The molecule has 1 aromatic heterocycles. The number of benzene rings is 1. The number of ether oxygens (including phenoxy) is 1. The summed E-state index contributed by atoms with van der Waals surface area (Å²) in [6, 6.07) is 9.33. The van der Waals surface area contributed by atoms with Crippen LogP contribution in [0.1, 0.15) is 34.7 Å². The Balaban J connectivity index is 1.54. The third-order valence-corrected chi connectivity index (χ3v) is 3.49. The first-order valence-electron chi connectivity index (χ1n) is 8.23. The first kappa shape index (κ1) is 18.5. The van der Waals surface area contributed by atoms with E-state index in [1.54, 1.807) is 13.0 Å². The van der Waals surface area contributed by atoms with E-state index in [2.05, 4.69) is 15.8 Å². The minimum atomic E-state index is -0.322. The quantitative estimate of drug-likeness (QED) is 0.678. The molecular formula is C18H23N3O4. The van der Waals surface area contributed by atoms with Crippen molar-refractivity contribution in [3.8, 4) is 5.75 Å². The Morgan fingerprint density at radius 3 is 2.64 bits per heavy atom. The lowest BCUT2D eigenvalue weighted by atomic mass is 10.2. The van der Waals surface area contributed by atoms with Gasteiger partial charge >= 0.3 is 0 Å².